The highest BCUT2D eigenvalue weighted by molar-refractivity contribution is 7.89. The molecule has 0 bridgehead atoms. The molecule has 7 heteroatoms. The maximum Gasteiger partial charge on any atom is 0.246 e. The quantitative estimate of drug-likeness (QED) is 0.702. The standard InChI is InChI=1S/C14H28N4O2S/c1-6-8-10-17(5)21(19,20)14-12(3)16-18(13(14)4)11-9-15-7-2/h15H,6-11H2,1-5H3. The molecule has 0 spiro atoms. The molecule has 6 nitrogen and oxygen atoms in total. The Bertz CT molecular complexity index is 552. The summed E-state index contributed by atoms with van der Waals surface area (Å²) in [5.74, 6) is 0. The van der Waals surface area contributed by atoms with E-state index in [1.54, 1.807) is 18.7 Å². The molecule has 0 aromatic carbocycles. The minimum absolute atomic E-state index is 0.359. The zero-order valence-electron chi connectivity index (χ0n) is 13.8. The van der Waals surface area contributed by atoms with Crippen LogP contribution in [-0.2, 0) is 16.6 Å². The van der Waals surface area contributed by atoms with Crippen molar-refractivity contribution < 1.29 is 8.42 Å². The van der Waals surface area contributed by atoms with E-state index in [0.29, 0.717) is 29.4 Å². The van der Waals surface area contributed by atoms with Gasteiger partial charge in [0.25, 0.3) is 0 Å². The molecule has 122 valence electrons. The van der Waals surface area contributed by atoms with Crippen LogP contribution in [0.1, 0.15) is 38.1 Å². The molecule has 0 amide bonds. The van der Waals surface area contributed by atoms with Gasteiger partial charge in [-0.1, -0.05) is 20.3 Å². The van der Waals surface area contributed by atoms with Crippen LogP contribution in [0.3, 0.4) is 0 Å². The van der Waals surface area contributed by atoms with Gasteiger partial charge in [0, 0.05) is 20.1 Å². The molecule has 1 rings (SSSR count). The van der Waals surface area contributed by atoms with Gasteiger partial charge in [-0.2, -0.15) is 5.10 Å². The lowest BCUT2D eigenvalue weighted by molar-refractivity contribution is 0.458. The molecule has 1 aromatic heterocycles. The maximum absolute atomic E-state index is 12.7. The summed E-state index contributed by atoms with van der Waals surface area (Å²) in [7, 11) is -1.81. The topological polar surface area (TPSA) is 67.2 Å². The number of likely N-dealkylation sites (N-methyl/N-ethyl adjacent to an activating group) is 1. The van der Waals surface area contributed by atoms with Crippen LogP contribution in [0.25, 0.3) is 0 Å². The van der Waals surface area contributed by atoms with Gasteiger partial charge in [0.1, 0.15) is 4.90 Å². The third kappa shape index (κ3) is 4.28. The second-order valence-corrected chi connectivity index (χ2v) is 7.24. The molecule has 0 saturated heterocycles. The molecule has 1 heterocycles. The Morgan fingerprint density at radius 2 is 1.95 bits per heavy atom. The van der Waals surface area contributed by atoms with Gasteiger partial charge in [0.05, 0.1) is 17.9 Å². The SMILES string of the molecule is CCCCN(C)S(=O)(=O)c1c(C)nn(CCNCC)c1C. The number of aromatic nitrogens is 2. The average Bonchev–Trinajstić information content (AvgIpc) is 2.71. The lowest BCUT2D eigenvalue weighted by atomic mass is 10.3. The number of hydrogen-bond acceptors (Lipinski definition) is 4. The summed E-state index contributed by atoms with van der Waals surface area (Å²) in [5, 5.41) is 7.60. The summed E-state index contributed by atoms with van der Waals surface area (Å²) in [6, 6.07) is 0. The summed E-state index contributed by atoms with van der Waals surface area (Å²) in [5.41, 5.74) is 1.29. The minimum atomic E-state index is -3.45. The van der Waals surface area contributed by atoms with Gasteiger partial charge in [-0.15, -0.1) is 0 Å². The number of rotatable bonds is 9. The van der Waals surface area contributed by atoms with E-state index in [9.17, 15) is 8.42 Å². The predicted molar refractivity (Wildman–Crippen MR) is 85.0 cm³/mol. The molecule has 0 aliphatic rings. The highest BCUT2D eigenvalue weighted by Gasteiger charge is 2.28. The van der Waals surface area contributed by atoms with Gasteiger partial charge < -0.3 is 5.32 Å². The number of sulfonamides is 1. The second-order valence-electron chi connectivity index (χ2n) is 5.26. The molecule has 0 saturated carbocycles. The van der Waals surface area contributed by atoms with Crippen LogP contribution in [0.4, 0.5) is 0 Å². The first-order chi connectivity index (χ1) is 9.86. The van der Waals surface area contributed by atoms with Gasteiger partial charge >= 0.3 is 0 Å². The molecule has 1 aromatic rings. The molecule has 0 fully saturated rings. The van der Waals surface area contributed by atoms with Crippen molar-refractivity contribution >= 4 is 10.0 Å². The van der Waals surface area contributed by atoms with Crippen molar-refractivity contribution in [3.8, 4) is 0 Å². The van der Waals surface area contributed by atoms with E-state index in [2.05, 4.69) is 17.3 Å². The molecule has 0 atom stereocenters. The van der Waals surface area contributed by atoms with Crippen LogP contribution < -0.4 is 5.32 Å². The van der Waals surface area contributed by atoms with Crippen molar-refractivity contribution in [1.82, 2.24) is 19.4 Å². The monoisotopic (exact) mass is 316 g/mol. The molecule has 21 heavy (non-hydrogen) atoms. The zero-order valence-corrected chi connectivity index (χ0v) is 14.6. The number of nitrogens with one attached hydrogen (secondary N) is 1. The zero-order chi connectivity index (χ0) is 16.0. The summed E-state index contributed by atoms with van der Waals surface area (Å²) in [4.78, 5) is 0.359. The summed E-state index contributed by atoms with van der Waals surface area (Å²) < 4.78 is 28.6. The molecular formula is C14H28N4O2S. The number of hydrogen-bond donors (Lipinski definition) is 1. The summed E-state index contributed by atoms with van der Waals surface area (Å²) >= 11 is 0. The van der Waals surface area contributed by atoms with Crippen LogP contribution in [0.5, 0.6) is 0 Å². The minimum Gasteiger partial charge on any atom is -0.315 e. The van der Waals surface area contributed by atoms with Crippen LogP contribution in [0.15, 0.2) is 4.90 Å². The second kappa shape index (κ2) is 7.91. The lowest BCUT2D eigenvalue weighted by Crippen LogP contribution is -2.29. The fourth-order valence-electron chi connectivity index (χ4n) is 2.29. The average molecular weight is 316 g/mol. The first-order valence-electron chi connectivity index (χ1n) is 7.57. The first kappa shape index (κ1) is 18.1. The van der Waals surface area contributed by atoms with Gasteiger partial charge in [-0.25, -0.2) is 12.7 Å². The predicted octanol–water partition coefficient (Wildman–Crippen LogP) is 1.53. The largest absolute Gasteiger partial charge is 0.315 e. The third-order valence-corrected chi connectivity index (χ3v) is 5.67. The van der Waals surface area contributed by atoms with Crippen LogP contribution in [-0.4, -0.2) is 49.2 Å². The van der Waals surface area contributed by atoms with E-state index >= 15 is 0 Å². The Kier molecular flexibility index (Phi) is 6.83. The van der Waals surface area contributed by atoms with E-state index in [1.165, 1.54) is 4.31 Å². The van der Waals surface area contributed by atoms with Crippen molar-refractivity contribution in [3.05, 3.63) is 11.4 Å². The Balaban J connectivity index is 3.01. The van der Waals surface area contributed by atoms with E-state index in [4.69, 9.17) is 0 Å². The fourth-order valence-corrected chi connectivity index (χ4v) is 3.86. The van der Waals surface area contributed by atoms with E-state index in [0.717, 1.165) is 25.9 Å². The molecule has 0 radical (unpaired) electrons. The van der Waals surface area contributed by atoms with Crippen molar-refractivity contribution in [2.24, 2.45) is 0 Å². The van der Waals surface area contributed by atoms with Gasteiger partial charge in [-0.05, 0) is 26.8 Å². The van der Waals surface area contributed by atoms with Gasteiger partial charge in [0.15, 0.2) is 0 Å². The first-order valence-corrected chi connectivity index (χ1v) is 9.01. The van der Waals surface area contributed by atoms with Crippen LogP contribution >= 0.6 is 0 Å². The number of nitrogens with zero attached hydrogens (tertiary/aromatic N) is 3. The van der Waals surface area contributed by atoms with Gasteiger partial charge in [0.2, 0.25) is 10.0 Å². The van der Waals surface area contributed by atoms with Crippen molar-refractivity contribution in [3.63, 3.8) is 0 Å². The number of aryl methyl sites for hydroxylation is 1. The fraction of sp³-hybridized carbons (Fsp3) is 0.786. The normalized spacial score (nSPS) is 12.3. The highest BCUT2D eigenvalue weighted by Crippen LogP contribution is 2.22. The Labute approximate surface area is 128 Å². The van der Waals surface area contributed by atoms with Crippen molar-refractivity contribution in [2.75, 3.05) is 26.7 Å². The summed E-state index contributed by atoms with van der Waals surface area (Å²) in [6.07, 6.45) is 1.84. The maximum atomic E-state index is 12.7. The van der Waals surface area contributed by atoms with Crippen LogP contribution in [0.2, 0.25) is 0 Å². The third-order valence-electron chi connectivity index (χ3n) is 3.56. The smallest absolute Gasteiger partial charge is 0.246 e. The molecule has 0 aliphatic carbocycles. The molecule has 1 N–H and O–H groups in total. The molecule has 0 aliphatic heterocycles. The Hall–Kier alpha value is -0.920. The highest BCUT2D eigenvalue weighted by atomic mass is 32.2. The Morgan fingerprint density at radius 1 is 1.29 bits per heavy atom. The molecule has 0 unspecified atom stereocenters. The van der Waals surface area contributed by atoms with Crippen molar-refractivity contribution in [2.45, 2.75) is 52.0 Å². The molecular weight excluding hydrogens is 288 g/mol. The van der Waals surface area contributed by atoms with E-state index in [-0.39, 0.29) is 0 Å². The Morgan fingerprint density at radius 3 is 2.52 bits per heavy atom. The van der Waals surface area contributed by atoms with E-state index in [1.807, 2.05) is 13.8 Å². The number of unbranched alkanes of at least 4 members (excludes halogenated alkanes) is 1. The summed E-state index contributed by atoms with van der Waals surface area (Å²) in [6.45, 7) is 10.6. The van der Waals surface area contributed by atoms with E-state index < -0.39 is 10.0 Å². The van der Waals surface area contributed by atoms with Crippen LogP contribution in [0, 0.1) is 13.8 Å². The van der Waals surface area contributed by atoms with Gasteiger partial charge in [-0.3, -0.25) is 4.68 Å². The van der Waals surface area contributed by atoms with Crippen molar-refractivity contribution in [1.29, 1.82) is 0 Å². The lowest BCUT2D eigenvalue weighted by Gasteiger charge is -2.17.